The third-order valence-electron chi connectivity index (χ3n) is 16.5. The minimum Gasteiger partial charge on any atom is -0.458 e. The molecule has 0 fully saturated rings. The molecule has 6 aliphatic heterocycles. The van der Waals surface area contributed by atoms with Gasteiger partial charge in [0.1, 0.15) is 23.0 Å². The molecular formula is C66H41B3N4O2. The first-order chi connectivity index (χ1) is 37.2. The molecule has 0 aliphatic carbocycles. The van der Waals surface area contributed by atoms with Crippen LogP contribution >= 0.6 is 0 Å². The molecule has 6 aliphatic rings. The molecule has 0 aromatic heterocycles. The Bertz CT molecular complexity index is 4150. The van der Waals surface area contributed by atoms with Crippen molar-refractivity contribution < 1.29 is 9.47 Å². The molecule has 9 heteroatoms. The van der Waals surface area contributed by atoms with Crippen molar-refractivity contribution in [3.8, 4) is 23.0 Å². The zero-order valence-corrected chi connectivity index (χ0v) is 40.5. The lowest BCUT2D eigenvalue weighted by atomic mass is 9.28. The summed E-state index contributed by atoms with van der Waals surface area (Å²) in [6.45, 7) is -0.248. The Hall–Kier alpha value is -9.59. The fraction of sp³-hybridized carbons (Fsp3) is 0. The number of anilines is 12. The van der Waals surface area contributed by atoms with Gasteiger partial charge in [0.2, 0.25) is 0 Å². The van der Waals surface area contributed by atoms with Crippen LogP contribution in [0.5, 0.6) is 23.0 Å². The summed E-state index contributed by atoms with van der Waals surface area (Å²) in [6.07, 6.45) is 0. The normalized spacial score (nSPS) is 13.9. The minimum absolute atomic E-state index is 0.0107. The van der Waals surface area contributed by atoms with Gasteiger partial charge in [-0.2, -0.15) is 0 Å². The van der Waals surface area contributed by atoms with Gasteiger partial charge in [0.15, 0.2) is 0 Å². The molecule has 0 bridgehead atoms. The highest BCUT2D eigenvalue weighted by Gasteiger charge is 2.52. The number of hydrogen-bond acceptors (Lipinski definition) is 6. The first-order valence-corrected chi connectivity index (χ1v) is 25.9. The van der Waals surface area contributed by atoms with Crippen molar-refractivity contribution in [3.05, 3.63) is 249 Å². The molecule has 0 radical (unpaired) electrons. The molecule has 11 aromatic rings. The molecule has 0 amide bonds. The van der Waals surface area contributed by atoms with Gasteiger partial charge in [0, 0.05) is 86.2 Å². The third kappa shape index (κ3) is 5.67. The summed E-state index contributed by atoms with van der Waals surface area (Å²) in [5.74, 6) is 3.27. The second kappa shape index (κ2) is 15.5. The molecule has 0 spiro atoms. The van der Waals surface area contributed by atoms with E-state index in [0.29, 0.717) is 0 Å². The van der Waals surface area contributed by atoms with Crippen LogP contribution < -0.4 is 78.2 Å². The highest BCUT2D eigenvalue weighted by atomic mass is 16.5. The van der Waals surface area contributed by atoms with E-state index in [2.05, 4.69) is 268 Å². The van der Waals surface area contributed by atoms with Crippen LogP contribution in [0.15, 0.2) is 249 Å². The van der Waals surface area contributed by atoms with E-state index in [4.69, 9.17) is 9.47 Å². The third-order valence-corrected chi connectivity index (χ3v) is 16.5. The lowest BCUT2D eigenvalue weighted by Gasteiger charge is -2.51. The van der Waals surface area contributed by atoms with Crippen LogP contribution in [-0.4, -0.2) is 20.1 Å². The molecule has 0 unspecified atom stereocenters. The van der Waals surface area contributed by atoms with Gasteiger partial charge in [-0.25, -0.2) is 0 Å². The van der Waals surface area contributed by atoms with E-state index < -0.39 is 0 Å². The number of para-hydroxylation sites is 8. The smallest absolute Gasteiger partial charge is 0.260 e. The largest absolute Gasteiger partial charge is 0.458 e. The predicted octanol–water partition coefficient (Wildman–Crippen LogP) is 10.6. The molecule has 346 valence electrons. The summed E-state index contributed by atoms with van der Waals surface area (Å²) >= 11 is 0. The van der Waals surface area contributed by atoms with Gasteiger partial charge in [-0.05, 0) is 123 Å². The Labute approximate surface area is 436 Å². The van der Waals surface area contributed by atoms with E-state index in [9.17, 15) is 0 Å². The van der Waals surface area contributed by atoms with Gasteiger partial charge in [-0.3, -0.25) is 0 Å². The van der Waals surface area contributed by atoms with Crippen LogP contribution in [0, 0.1) is 0 Å². The molecule has 75 heavy (non-hydrogen) atoms. The average molecular weight is 955 g/mol. The Kier molecular flexibility index (Phi) is 8.44. The number of rotatable bonds is 5. The average Bonchev–Trinajstić information content (AvgIpc) is 3.47. The van der Waals surface area contributed by atoms with Gasteiger partial charge in [0.25, 0.3) is 20.1 Å². The minimum atomic E-state index is -0.152. The molecule has 17 rings (SSSR count). The second-order valence-electron chi connectivity index (χ2n) is 20.3. The maximum absolute atomic E-state index is 7.45. The number of fused-ring (bicyclic) bond motifs is 14. The van der Waals surface area contributed by atoms with Crippen molar-refractivity contribution in [2.75, 3.05) is 19.6 Å². The van der Waals surface area contributed by atoms with Gasteiger partial charge in [-0.15, -0.1) is 0 Å². The summed E-state index contributed by atoms with van der Waals surface area (Å²) in [7, 11) is 0. The monoisotopic (exact) mass is 954 g/mol. The van der Waals surface area contributed by atoms with E-state index in [-0.39, 0.29) is 20.1 Å². The van der Waals surface area contributed by atoms with Crippen molar-refractivity contribution in [1.82, 2.24) is 0 Å². The van der Waals surface area contributed by atoms with Crippen molar-refractivity contribution in [1.29, 1.82) is 0 Å². The van der Waals surface area contributed by atoms with Crippen molar-refractivity contribution in [2.24, 2.45) is 0 Å². The molecule has 0 N–H and O–H groups in total. The van der Waals surface area contributed by atoms with Gasteiger partial charge in [0.05, 0.1) is 5.69 Å². The van der Waals surface area contributed by atoms with Crippen LogP contribution in [0.25, 0.3) is 0 Å². The highest BCUT2D eigenvalue weighted by Crippen LogP contribution is 2.51. The van der Waals surface area contributed by atoms with Crippen molar-refractivity contribution in [2.45, 2.75) is 0 Å². The van der Waals surface area contributed by atoms with Crippen LogP contribution in [-0.2, 0) is 0 Å². The summed E-state index contributed by atoms with van der Waals surface area (Å²) in [5, 5.41) is 0. The summed E-state index contributed by atoms with van der Waals surface area (Å²) in [4.78, 5) is 9.92. The lowest BCUT2D eigenvalue weighted by Crippen LogP contribution is -2.69. The van der Waals surface area contributed by atoms with Crippen LogP contribution in [0.4, 0.5) is 68.2 Å². The van der Waals surface area contributed by atoms with E-state index in [1.165, 1.54) is 61.2 Å². The Morgan fingerprint density at radius 3 is 1.25 bits per heavy atom. The maximum atomic E-state index is 7.45. The topological polar surface area (TPSA) is 31.4 Å². The summed E-state index contributed by atoms with van der Waals surface area (Å²) in [6, 6.07) is 90.6. The maximum Gasteiger partial charge on any atom is 0.260 e. The quantitative estimate of drug-likeness (QED) is 0.160. The number of benzene rings is 11. The fourth-order valence-electron chi connectivity index (χ4n) is 13.6. The van der Waals surface area contributed by atoms with E-state index in [0.717, 1.165) is 79.2 Å². The predicted molar refractivity (Wildman–Crippen MR) is 312 cm³/mol. The Morgan fingerprint density at radius 1 is 0.267 bits per heavy atom. The zero-order chi connectivity index (χ0) is 48.9. The zero-order valence-electron chi connectivity index (χ0n) is 40.5. The number of nitrogens with zero attached hydrogens (tertiary/aromatic N) is 4. The molecule has 11 aromatic carbocycles. The van der Waals surface area contributed by atoms with Crippen LogP contribution in [0.3, 0.4) is 0 Å². The summed E-state index contributed by atoms with van der Waals surface area (Å²) < 4.78 is 14.5. The van der Waals surface area contributed by atoms with E-state index in [1.807, 2.05) is 0 Å². The first kappa shape index (κ1) is 40.9. The summed E-state index contributed by atoms with van der Waals surface area (Å²) in [5.41, 5.74) is 24.7. The molecule has 6 heterocycles. The molecule has 0 saturated heterocycles. The van der Waals surface area contributed by atoms with Crippen molar-refractivity contribution >= 4 is 138 Å². The standard InChI is InChI=1S/C66H41B3N4O2/c1-5-21-42(22-6-1)70(43-23-7-2-8-24-43)46-37-61-65-62(38-46)75-60-41-56-51(39-52(60)69(65)50-32-16-20-36-59(50)74-61)68-49-31-15-19-35-55(49)73-54-34-18-14-30-48(54)67-47-29-13-17-33-53(47)71(44-25-9-3-10-26-44)57-40-58(64(68)66(73)63(57)67)72(56)45-27-11-4-12-28-45/h1-41H. The van der Waals surface area contributed by atoms with E-state index in [1.54, 1.807) is 0 Å². The van der Waals surface area contributed by atoms with Gasteiger partial charge < -0.3 is 29.1 Å². The Morgan fingerprint density at radius 2 is 0.693 bits per heavy atom. The second-order valence-corrected chi connectivity index (χ2v) is 20.3. The van der Waals surface area contributed by atoms with E-state index >= 15 is 0 Å². The number of hydrogen-bond donors (Lipinski definition) is 0. The first-order valence-electron chi connectivity index (χ1n) is 25.9. The van der Waals surface area contributed by atoms with Crippen LogP contribution in [0.1, 0.15) is 0 Å². The lowest BCUT2D eigenvalue weighted by molar-refractivity contribution is 0.465. The fourth-order valence-corrected chi connectivity index (χ4v) is 13.6. The Balaban J connectivity index is 0.955. The highest BCUT2D eigenvalue weighted by molar-refractivity contribution is 7.05. The van der Waals surface area contributed by atoms with Gasteiger partial charge >= 0.3 is 0 Å². The molecular weight excluding hydrogens is 913 g/mol. The molecule has 6 nitrogen and oxygen atoms in total. The van der Waals surface area contributed by atoms with Crippen LogP contribution in [0.2, 0.25) is 0 Å². The van der Waals surface area contributed by atoms with Gasteiger partial charge in [-0.1, -0.05) is 152 Å². The number of ether oxygens (including phenoxy) is 2. The SMILES string of the molecule is c1ccc(N(c2ccccc2)c2cc3c4c(c2)Oc2cc5c(cc2B4c2ccccc2O3)B2c3ccccc3N3c4ccccc4B4c6ccccc6N(c6ccccc6)c6cc(c2c3c64)N5c2ccccc2)cc1. The van der Waals surface area contributed by atoms with Crippen molar-refractivity contribution in [3.63, 3.8) is 0 Å². The molecule has 0 saturated carbocycles. The molecule has 0 atom stereocenters.